The van der Waals surface area contributed by atoms with Crippen LogP contribution in [0.5, 0.6) is 0 Å². The van der Waals surface area contributed by atoms with Gasteiger partial charge in [-0.1, -0.05) is 39.5 Å². The van der Waals surface area contributed by atoms with E-state index in [2.05, 4.69) is 13.8 Å². The Morgan fingerprint density at radius 2 is 2.12 bits per heavy atom. The molecule has 0 aromatic heterocycles. The van der Waals surface area contributed by atoms with Crippen LogP contribution in [0.3, 0.4) is 0 Å². The van der Waals surface area contributed by atoms with Crippen LogP contribution in [0.1, 0.15) is 59.3 Å². The van der Waals surface area contributed by atoms with Gasteiger partial charge in [0.2, 0.25) is 0 Å². The molecule has 2 nitrogen and oxygen atoms in total. The molecule has 0 fully saturated rings. The number of cyclic esters (lactones) is 1. The smallest absolute Gasteiger partial charge is 0.334 e. The fourth-order valence-corrected chi connectivity index (χ4v) is 2.00. The summed E-state index contributed by atoms with van der Waals surface area (Å²) < 4.78 is 5.05. The minimum atomic E-state index is -0.102. The lowest BCUT2D eigenvalue weighted by molar-refractivity contribution is -0.139. The first-order valence-corrected chi connectivity index (χ1v) is 6.55. The second-order valence-corrected chi connectivity index (χ2v) is 4.92. The summed E-state index contributed by atoms with van der Waals surface area (Å²) in [5, 5.41) is 0. The molecule has 1 rings (SSSR count). The third-order valence-corrected chi connectivity index (χ3v) is 3.33. The van der Waals surface area contributed by atoms with Crippen LogP contribution in [0.25, 0.3) is 0 Å². The van der Waals surface area contributed by atoms with Gasteiger partial charge in [-0.2, -0.15) is 0 Å². The number of carbonyl (C=O) groups is 1. The zero-order valence-electron chi connectivity index (χ0n) is 10.8. The van der Waals surface area contributed by atoms with Gasteiger partial charge in [0.25, 0.3) is 0 Å². The molecule has 0 aliphatic carbocycles. The van der Waals surface area contributed by atoms with Gasteiger partial charge in [-0.05, 0) is 31.8 Å². The number of hydrogen-bond acceptors (Lipinski definition) is 2. The van der Waals surface area contributed by atoms with Crippen molar-refractivity contribution in [1.29, 1.82) is 0 Å². The SMILES string of the molecule is CCC(C)CCCCCC1=CC(C)OC1=O. The van der Waals surface area contributed by atoms with E-state index in [1.54, 1.807) is 0 Å². The molecule has 1 aliphatic rings. The topological polar surface area (TPSA) is 26.3 Å². The second-order valence-electron chi connectivity index (χ2n) is 4.92. The van der Waals surface area contributed by atoms with E-state index in [9.17, 15) is 4.79 Å². The maximum absolute atomic E-state index is 11.3. The Labute approximate surface area is 99.1 Å². The minimum absolute atomic E-state index is 0.0115. The minimum Gasteiger partial charge on any atom is -0.455 e. The van der Waals surface area contributed by atoms with E-state index < -0.39 is 0 Å². The highest BCUT2D eigenvalue weighted by Gasteiger charge is 2.21. The van der Waals surface area contributed by atoms with Crippen LogP contribution >= 0.6 is 0 Å². The van der Waals surface area contributed by atoms with Gasteiger partial charge in [-0.25, -0.2) is 4.79 Å². The lowest BCUT2D eigenvalue weighted by atomic mass is 9.99. The van der Waals surface area contributed by atoms with E-state index in [1.165, 1.54) is 25.7 Å². The molecule has 2 atom stereocenters. The van der Waals surface area contributed by atoms with Crippen molar-refractivity contribution >= 4 is 5.97 Å². The second kappa shape index (κ2) is 6.72. The average molecular weight is 224 g/mol. The first-order valence-electron chi connectivity index (χ1n) is 6.55. The van der Waals surface area contributed by atoms with Crippen LogP contribution in [-0.4, -0.2) is 12.1 Å². The predicted molar refractivity (Wildman–Crippen MR) is 66.2 cm³/mol. The van der Waals surface area contributed by atoms with E-state index in [4.69, 9.17) is 4.74 Å². The van der Waals surface area contributed by atoms with Crippen LogP contribution in [-0.2, 0) is 9.53 Å². The van der Waals surface area contributed by atoms with Crippen LogP contribution < -0.4 is 0 Å². The molecule has 0 amide bonds. The number of unbranched alkanes of at least 4 members (excludes halogenated alkanes) is 2. The lowest BCUT2D eigenvalue weighted by Crippen LogP contribution is -2.03. The molecule has 0 spiro atoms. The molecule has 0 saturated heterocycles. The Morgan fingerprint density at radius 1 is 1.38 bits per heavy atom. The third-order valence-electron chi connectivity index (χ3n) is 3.33. The number of ether oxygens (including phenoxy) is 1. The van der Waals surface area contributed by atoms with Gasteiger partial charge < -0.3 is 4.74 Å². The van der Waals surface area contributed by atoms with Gasteiger partial charge in [0.05, 0.1) is 0 Å². The van der Waals surface area contributed by atoms with Crippen LogP contribution in [0.2, 0.25) is 0 Å². The van der Waals surface area contributed by atoms with Gasteiger partial charge in [0.1, 0.15) is 6.10 Å². The molecule has 2 heteroatoms. The number of esters is 1. The molecule has 0 saturated carbocycles. The normalized spacial score (nSPS) is 21.8. The first-order chi connectivity index (χ1) is 7.63. The maximum atomic E-state index is 11.3. The highest BCUT2D eigenvalue weighted by Crippen LogP contribution is 2.20. The Bertz CT molecular complexity index is 255. The summed E-state index contributed by atoms with van der Waals surface area (Å²) in [4.78, 5) is 11.3. The maximum Gasteiger partial charge on any atom is 0.334 e. The van der Waals surface area contributed by atoms with Crippen LogP contribution in [0.15, 0.2) is 11.6 Å². The highest BCUT2D eigenvalue weighted by atomic mass is 16.5. The molecule has 0 aromatic rings. The van der Waals surface area contributed by atoms with E-state index in [1.807, 2.05) is 13.0 Å². The van der Waals surface area contributed by atoms with E-state index in [0.29, 0.717) is 0 Å². The monoisotopic (exact) mass is 224 g/mol. The molecule has 1 heterocycles. The van der Waals surface area contributed by atoms with Gasteiger partial charge in [-0.15, -0.1) is 0 Å². The zero-order valence-corrected chi connectivity index (χ0v) is 10.8. The standard InChI is InChI=1S/C14H24O2/c1-4-11(2)8-6-5-7-9-13-10-12(3)16-14(13)15/h10-12H,4-9H2,1-3H3. The third kappa shape index (κ3) is 4.38. The molecule has 0 bridgehead atoms. The molecule has 0 radical (unpaired) electrons. The number of rotatable bonds is 7. The predicted octanol–water partition coefficient (Wildman–Crippen LogP) is 3.85. The van der Waals surface area contributed by atoms with Crippen molar-refractivity contribution in [1.82, 2.24) is 0 Å². The molecule has 0 N–H and O–H groups in total. The van der Waals surface area contributed by atoms with Crippen molar-refractivity contribution < 1.29 is 9.53 Å². The van der Waals surface area contributed by atoms with Crippen molar-refractivity contribution in [2.75, 3.05) is 0 Å². The van der Waals surface area contributed by atoms with Crippen molar-refractivity contribution in [2.45, 2.75) is 65.4 Å². The molecule has 16 heavy (non-hydrogen) atoms. The molecule has 2 unspecified atom stereocenters. The van der Waals surface area contributed by atoms with Crippen molar-refractivity contribution in [2.24, 2.45) is 5.92 Å². The average Bonchev–Trinajstić information content (AvgIpc) is 2.56. The largest absolute Gasteiger partial charge is 0.455 e. The van der Waals surface area contributed by atoms with Crippen LogP contribution in [0, 0.1) is 5.92 Å². The van der Waals surface area contributed by atoms with Gasteiger partial charge in [0.15, 0.2) is 0 Å². The van der Waals surface area contributed by atoms with Crippen LogP contribution in [0.4, 0.5) is 0 Å². The van der Waals surface area contributed by atoms with Gasteiger partial charge >= 0.3 is 5.97 Å². The van der Waals surface area contributed by atoms with E-state index >= 15 is 0 Å². The lowest BCUT2D eigenvalue weighted by Gasteiger charge is -2.07. The van der Waals surface area contributed by atoms with E-state index in [0.717, 1.165) is 24.3 Å². The summed E-state index contributed by atoms with van der Waals surface area (Å²) in [5.41, 5.74) is 0.885. The number of hydrogen-bond donors (Lipinski definition) is 0. The summed E-state index contributed by atoms with van der Waals surface area (Å²) in [6.07, 6.45) is 9.05. The molecule has 1 aliphatic heterocycles. The Kier molecular flexibility index (Phi) is 5.58. The zero-order chi connectivity index (χ0) is 12.0. The summed E-state index contributed by atoms with van der Waals surface area (Å²) in [5.74, 6) is 0.741. The Morgan fingerprint density at radius 3 is 2.69 bits per heavy atom. The summed E-state index contributed by atoms with van der Waals surface area (Å²) in [6, 6.07) is 0. The quantitative estimate of drug-likeness (QED) is 0.485. The van der Waals surface area contributed by atoms with Crippen molar-refractivity contribution in [3.63, 3.8) is 0 Å². The molecular weight excluding hydrogens is 200 g/mol. The van der Waals surface area contributed by atoms with E-state index in [-0.39, 0.29) is 12.1 Å². The molecule has 0 aromatic carbocycles. The summed E-state index contributed by atoms with van der Waals surface area (Å²) in [6.45, 7) is 6.46. The van der Waals surface area contributed by atoms with Crippen molar-refractivity contribution in [3.05, 3.63) is 11.6 Å². The molecular formula is C14H24O2. The fourth-order valence-electron chi connectivity index (χ4n) is 2.00. The summed E-state index contributed by atoms with van der Waals surface area (Å²) >= 11 is 0. The Balaban J connectivity index is 2.08. The summed E-state index contributed by atoms with van der Waals surface area (Å²) in [7, 11) is 0. The fraction of sp³-hybridized carbons (Fsp3) is 0.786. The first kappa shape index (κ1) is 13.3. The highest BCUT2D eigenvalue weighted by molar-refractivity contribution is 5.90. The van der Waals surface area contributed by atoms with Gasteiger partial charge in [0, 0.05) is 5.57 Å². The number of carbonyl (C=O) groups excluding carboxylic acids is 1. The molecule has 92 valence electrons. The van der Waals surface area contributed by atoms with Gasteiger partial charge in [-0.3, -0.25) is 0 Å². The Hall–Kier alpha value is -0.790. The van der Waals surface area contributed by atoms with Crippen molar-refractivity contribution in [3.8, 4) is 0 Å².